The lowest BCUT2D eigenvalue weighted by Gasteiger charge is -2.25. The number of hydrogen-bond acceptors (Lipinski definition) is 2. The van der Waals surface area contributed by atoms with E-state index in [4.69, 9.17) is 4.74 Å². The van der Waals surface area contributed by atoms with E-state index in [2.05, 4.69) is 15.2 Å². The molecule has 4 nitrogen and oxygen atoms in total. The first kappa shape index (κ1) is 20.4. The van der Waals surface area contributed by atoms with Crippen LogP contribution in [0.25, 0.3) is 0 Å². The molecule has 2 aliphatic heterocycles. The second-order valence-corrected chi connectivity index (χ2v) is 6.74. The number of hydrogen-bond donors (Lipinski definition) is 1. The number of rotatable bonds is 4. The van der Waals surface area contributed by atoms with Gasteiger partial charge in [-0.1, -0.05) is 0 Å². The molecule has 25 heavy (non-hydrogen) atoms. The van der Waals surface area contributed by atoms with Gasteiger partial charge in [-0.05, 0) is 43.9 Å². The Bertz CT molecular complexity index is 586. The second kappa shape index (κ2) is 9.12. The van der Waals surface area contributed by atoms with Crippen LogP contribution in [-0.2, 0) is 11.2 Å². The molecule has 2 aliphatic rings. The van der Waals surface area contributed by atoms with Gasteiger partial charge < -0.3 is 15.0 Å². The predicted molar refractivity (Wildman–Crippen MR) is 106 cm³/mol. The highest BCUT2D eigenvalue weighted by atomic mass is 127. The third-order valence-electron chi connectivity index (χ3n) is 4.84. The van der Waals surface area contributed by atoms with Gasteiger partial charge in [-0.25, -0.2) is 8.78 Å². The molecule has 1 aromatic rings. The van der Waals surface area contributed by atoms with Crippen LogP contribution < -0.4 is 5.32 Å². The molecule has 1 atom stereocenters. The Hall–Kier alpha value is -0.960. The molecule has 2 heterocycles. The van der Waals surface area contributed by atoms with E-state index in [0.29, 0.717) is 18.5 Å². The standard InChI is InChI=1S/C18H25F2N3O.HI/c1-2-21-17(23-7-4-18(12-23)5-8-24-13-18)22-6-3-14-9-15(19)11-16(20)10-14;/h9-11H,2-8,12-13H2,1H3,(H,21,22);1H. The molecule has 0 radical (unpaired) electrons. The van der Waals surface area contributed by atoms with E-state index in [1.165, 1.54) is 12.1 Å². The summed E-state index contributed by atoms with van der Waals surface area (Å²) in [5.74, 6) is -0.189. The van der Waals surface area contributed by atoms with E-state index in [1.807, 2.05) is 6.92 Å². The molecule has 7 heteroatoms. The zero-order valence-electron chi connectivity index (χ0n) is 14.6. The van der Waals surface area contributed by atoms with Crippen molar-refractivity contribution in [3.05, 3.63) is 35.4 Å². The molecule has 0 aliphatic carbocycles. The number of benzene rings is 1. The number of guanidine groups is 1. The maximum absolute atomic E-state index is 13.2. The SMILES string of the molecule is CCNC(=NCCc1cc(F)cc(F)c1)N1CCC2(CCOC2)C1.I. The Morgan fingerprint density at radius 2 is 2.04 bits per heavy atom. The van der Waals surface area contributed by atoms with Crippen LogP contribution in [0.1, 0.15) is 25.3 Å². The van der Waals surface area contributed by atoms with Crippen molar-refractivity contribution in [1.29, 1.82) is 0 Å². The van der Waals surface area contributed by atoms with Crippen LogP contribution in [0.2, 0.25) is 0 Å². The molecule has 1 spiro atoms. The van der Waals surface area contributed by atoms with Gasteiger partial charge in [0.05, 0.1) is 6.61 Å². The summed E-state index contributed by atoms with van der Waals surface area (Å²) in [4.78, 5) is 6.93. The summed E-state index contributed by atoms with van der Waals surface area (Å²) >= 11 is 0. The highest BCUT2D eigenvalue weighted by Crippen LogP contribution is 2.38. The number of nitrogens with zero attached hydrogens (tertiary/aromatic N) is 2. The second-order valence-electron chi connectivity index (χ2n) is 6.74. The molecule has 140 valence electrons. The normalized spacial score (nSPS) is 23.2. The number of ether oxygens (including phenoxy) is 1. The first-order chi connectivity index (χ1) is 11.6. The molecule has 0 aromatic heterocycles. The van der Waals surface area contributed by atoms with Gasteiger partial charge in [0, 0.05) is 44.3 Å². The van der Waals surface area contributed by atoms with E-state index in [-0.39, 0.29) is 29.4 Å². The van der Waals surface area contributed by atoms with Crippen molar-refractivity contribution in [1.82, 2.24) is 10.2 Å². The van der Waals surface area contributed by atoms with Gasteiger partial charge in [0.25, 0.3) is 0 Å². The van der Waals surface area contributed by atoms with E-state index < -0.39 is 11.6 Å². The lowest BCUT2D eigenvalue weighted by atomic mass is 9.87. The van der Waals surface area contributed by atoms with E-state index >= 15 is 0 Å². The minimum absolute atomic E-state index is 0. The van der Waals surface area contributed by atoms with Crippen LogP contribution in [0.5, 0.6) is 0 Å². The molecule has 2 saturated heterocycles. The summed E-state index contributed by atoms with van der Waals surface area (Å²) in [6.45, 7) is 6.98. The summed E-state index contributed by atoms with van der Waals surface area (Å²) in [5, 5.41) is 3.33. The summed E-state index contributed by atoms with van der Waals surface area (Å²) in [6, 6.07) is 3.63. The smallest absolute Gasteiger partial charge is 0.193 e. The zero-order valence-corrected chi connectivity index (χ0v) is 16.9. The van der Waals surface area contributed by atoms with Crippen LogP contribution in [0.4, 0.5) is 8.78 Å². The van der Waals surface area contributed by atoms with Gasteiger partial charge >= 0.3 is 0 Å². The quantitative estimate of drug-likeness (QED) is 0.422. The Balaban J connectivity index is 0.00000225. The van der Waals surface area contributed by atoms with Crippen molar-refractivity contribution in [2.24, 2.45) is 10.4 Å². The topological polar surface area (TPSA) is 36.9 Å². The van der Waals surface area contributed by atoms with E-state index in [1.54, 1.807) is 0 Å². The van der Waals surface area contributed by atoms with E-state index in [9.17, 15) is 8.78 Å². The molecule has 1 N–H and O–H groups in total. The Labute approximate surface area is 165 Å². The van der Waals surface area contributed by atoms with Crippen molar-refractivity contribution < 1.29 is 13.5 Å². The Morgan fingerprint density at radius 3 is 2.68 bits per heavy atom. The van der Waals surface area contributed by atoms with Crippen molar-refractivity contribution in [3.63, 3.8) is 0 Å². The monoisotopic (exact) mass is 465 g/mol. The molecule has 0 bridgehead atoms. The molecular weight excluding hydrogens is 439 g/mol. The average Bonchev–Trinajstić information content (AvgIpc) is 3.16. The number of nitrogens with one attached hydrogen (secondary N) is 1. The molecule has 3 rings (SSSR count). The number of likely N-dealkylation sites (tertiary alicyclic amines) is 1. The largest absolute Gasteiger partial charge is 0.381 e. The van der Waals surface area contributed by atoms with Gasteiger partial charge in [0.1, 0.15) is 11.6 Å². The van der Waals surface area contributed by atoms with Crippen LogP contribution >= 0.6 is 24.0 Å². The Morgan fingerprint density at radius 1 is 1.28 bits per heavy atom. The lowest BCUT2D eigenvalue weighted by molar-refractivity contribution is 0.156. The fourth-order valence-corrected chi connectivity index (χ4v) is 3.56. The third kappa shape index (κ3) is 5.26. The lowest BCUT2D eigenvalue weighted by Crippen LogP contribution is -2.41. The maximum Gasteiger partial charge on any atom is 0.193 e. The van der Waals surface area contributed by atoms with Crippen molar-refractivity contribution in [3.8, 4) is 0 Å². The first-order valence-electron chi connectivity index (χ1n) is 8.66. The van der Waals surface area contributed by atoms with E-state index in [0.717, 1.165) is 57.7 Å². The number of halogens is 3. The van der Waals surface area contributed by atoms with Crippen LogP contribution in [0.3, 0.4) is 0 Å². The molecule has 1 unspecified atom stereocenters. The van der Waals surface area contributed by atoms with Crippen molar-refractivity contribution >= 4 is 29.9 Å². The minimum Gasteiger partial charge on any atom is -0.381 e. The van der Waals surface area contributed by atoms with Crippen molar-refractivity contribution in [2.45, 2.75) is 26.2 Å². The molecule has 2 fully saturated rings. The highest BCUT2D eigenvalue weighted by Gasteiger charge is 2.42. The third-order valence-corrected chi connectivity index (χ3v) is 4.84. The molecule has 1 aromatic carbocycles. The zero-order chi connectivity index (χ0) is 17.0. The summed E-state index contributed by atoms with van der Waals surface area (Å²) in [6.07, 6.45) is 2.77. The fourth-order valence-electron chi connectivity index (χ4n) is 3.56. The Kier molecular flexibility index (Phi) is 7.42. The highest BCUT2D eigenvalue weighted by molar-refractivity contribution is 14.0. The van der Waals surface area contributed by atoms with Gasteiger partial charge in [0.2, 0.25) is 0 Å². The minimum atomic E-state index is -0.538. The summed E-state index contributed by atoms with van der Waals surface area (Å²) < 4.78 is 32.1. The first-order valence-corrected chi connectivity index (χ1v) is 8.66. The summed E-state index contributed by atoms with van der Waals surface area (Å²) in [7, 11) is 0. The number of aliphatic imine (C=N–C) groups is 1. The van der Waals surface area contributed by atoms with Gasteiger partial charge in [-0.3, -0.25) is 4.99 Å². The van der Waals surface area contributed by atoms with Gasteiger partial charge in [0.15, 0.2) is 5.96 Å². The summed E-state index contributed by atoms with van der Waals surface area (Å²) in [5.41, 5.74) is 0.913. The van der Waals surface area contributed by atoms with Crippen molar-refractivity contribution in [2.75, 3.05) is 39.4 Å². The fraction of sp³-hybridized carbons (Fsp3) is 0.611. The molecular formula is C18H26F2IN3O. The van der Waals surface area contributed by atoms with Crippen LogP contribution in [0, 0.1) is 17.0 Å². The van der Waals surface area contributed by atoms with Crippen LogP contribution in [0.15, 0.2) is 23.2 Å². The maximum atomic E-state index is 13.2. The van der Waals surface area contributed by atoms with Gasteiger partial charge in [-0.15, -0.1) is 24.0 Å². The van der Waals surface area contributed by atoms with Gasteiger partial charge in [-0.2, -0.15) is 0 Å². The molecule has 0 amide bonds. The average molecular weight is 465 g/mol. The van der Waals surface area contributed by atoms with Crippen LogP contribution in [-0.4, -0.2) is 50.3 Å². The molecule has 0 saturated carbocycles. The predicted octanol–water partition coefficient (Wildman–Crippen LogP) is 3.20.